The summed E-state index contributed by atoms with van der Waals surface area (Å²) < 4.78 is 0. The van der Waals surface area contributed by atoms with Crippen molar-refractivity contribution in [3.63, 3.8) is 0 Å². The Bertz CT molecular complexity index is 411. The summed E-state index contributed by atoms with van der Waals surface area (Å²) in [7, 11) is 0. The number of hydrogen-bond acceptors (Lipinski definition) is 3. The van der Waals surface area contributed by atoms with E-state index >= 15 is 0 Å². The molecule has 0 radical (unpaired) electrons. The topological polar surface area (TPSA) is 53.5 Å². The van der Waals surface area contributed by atoms with E-state index in [0.717, 1.165) is 5.56 Å². The van der Waals surface area contributed by atoms with Gasteiger partial charge in [0.2, 0.25) is 0 Å². The van der Waals surface area contributed by atoms with Crippen LogP contribution in [-0.2, 0) is 4.79 Å². The Labute approximate surface area is 114 Å². The standard InChI is InChI=1S/C15H21N3O/c19-15(12-16-14-9-5-2-6-10-14)18-17-11-13-7-3-1-4-8-13/h1,3-4,7-8,11,14,16H,2,5-6,9-10,12H2,(H,18,19)/b17-11-. The quantitative estimate of drug-likeness (QED) is 0.628. The van der Waals surface area contributed by atoms with Crippen LogP contribution in [0.2, 0.25) is 0 Å². The van der Waals surface area contributed by atoms with Crippen molar-refractivity contribution in [2.45, 2.75) is 38.1 Å². The third-order valence-electron chi connectivity index (χ3n) is 3.36. The third kappa shape index (κ3) is 5.22. The predicted octanol–water partition coefficient (Wildman–Crippen LogP) is 2.06. The molecule has 102 valence electrons. The average Bonchev–Trinajstić information content (AvgIpc) is 2.47. The van der Waals surface area contributed by atoms with Gasteiger partial charge in [0.15, 0.2) is 0 Å². The summed E-state index contributed by atoms with van der Waals surface area (Å²) in [6.45, 7) is 0.344. The number of carbonyl (C=O) groups excluding carboxylic acids is 1. The van der Waals surface area contributed by atoms with Crippen molar-refractivity contribution in [3.05, 3.63) is 35.9 Å². The molecule has 0 saturated heterocycles. The van der Waals surface area contributed by atoms with E-state index in [1.807, 2.05) is 30.3 Å². The summed E-state index contributed by atoms with van der Waals surface area (Å²) in [5.74, 6) is -0.0854. The van der Waals surface area contributed by atoms with Gasteiger partial charge in [-0.25, -0.2) is 5.43 Å². The monoisotopic (exact) mass is 259 g/mol. The highest BCUT2D eigenvalue weighted by molar-refractivity contribution is 5.83. The van der Waals surface area contributed by atoms with Crippen LogP contribution in [0.1, 0.15) is 37.7 Å². The molecule has 0 aromatic heterocycles. The Morgan fingerprint density at radius 1 is 1.21 bits per heavy atom. The van der Waals surface area contributed by atoms with Crippen molar-refractivity contribution >= 4 is 12.1 Å². The van der Waals surface area contributed by atoms with Gasteiger partial charge in [-0.3, -0.25) is 4.79 Å². The largest absolute Gasteiger partial charge is 0.306 e. The van der Waals surface area contributed by atoms with Gasteiger partial charge in [-0.05, 0) is 18.4 Å². The van der Waals surface area contributed by atoms with E-state index in [1.54, 1.807) is 6.21 Å². The van der Waals surface area contributed by atoms with E-state index in [2.05, 4.69) is 15.8 Å². The lowest BCUT2D eigenvalue weighted by molar-refractivity contribution is -0.120. The summed E-state index contributed by atoms with van der Waals surface area (Å²) in [6, 6.07) is 10.2. The molecule has 1 amide bonds. The van der Waals surface area contributed by atoms with Gasteiger partial charge in [0.25, 0.3) is 5.91 Å². The summed E-state index contributed by atoms with van der Waals surface area (Å²) in [6.07, 6.45) is 7.88. The lowest BCUT2D eigenvalue weighted by Gasteiger charge is -2.22. The Hall–Kier alpha value is -1.68. The lowest BCUT2D eigenvalue weighted by atomic mass is 9.95. The van der Waals surface area contributed by atoms with Gasteiger partial charge in [-0.15, -0.1) is 0 Å². The molecule has 0 aliphatic heterocycles. The van der Waals surface area contributed by atoms with E-state index in [1.165, 1.54) is 32.1 Å². The molecule has 0 bridgehead atoms. The van der Waals surface area contributed by atoms with E-state index < -0.39 is 0 Å². The number of nitrogens with zero attached hydrogens (tertiary/aromatic N) is 1. The molecule has 0 atom stereocenters. The highest BCUT2D eigenvalue weighted by Crippen LogP contribution is 2.16. The maximum absolute atomic E-state index is 11.6. The first-order chi connectivity index (χ1) is 9.34. The van der Waals surface area contributed by atoms with Gasteiger partial charge < -0.3 is 5.32 Å². The summed E-state index contributed by atoms with van der Waals surface area (Å²) >= 11 is 0. The molecule has 1 aliphatic rings. The van der Waals surface area contributed by atoms with Crippen molar-refractivity contribution in [3.8, 4) is 0 Å². The molecular weight excluding hydrogens is 238 g/mol. The fourth-order valence-electron chi connectivity index (χ4n) is 2.30. The molecule has 19 heavy (non-hydrogen) atoms. The molecule has 1 aromatic carbocycles. The van der Waals surface area contributed by atoms with Crippen LogP contribution in [0.5, 0.6) is 0 Å². The minimum atomic E-state index is -0.0854. The minimum absolute atomic E-state index is 0.0854. The Morgan fingerprint density at radius 2 is 1.95 bits per heavy atom. The highest BCUT2D eigenvalue weighted by Gasteiger charge is 2.13. The molecular formula is C15H21N3O. The zero-order chi connectivity index (χ0) is 13.3. The number of hydrogen-bond donors (Lipinski definition) is 2. The van der Waals surface area contributed by atoms with Crippen molar-refractivity contribution < 1.29 is 4.79 Å². The Balaban J connectivity index is 1.65. The van der Waals surface area contributed by atoms with Gasteiger partial charge in [0, 0.05) is 6.04 Å². The molecule has 4 nitrogen and oxygen atoms in total. The normalized spacial score (nSPS) is 16.6. The second-order valence-corrected chi connectivity index (χ2v) is 4.92. The van der Waals surface area contributed by atoms with Crippen LogP contribution in [-0.4, -0.2) is 24.7 Å². The smallest absolute Gasteiger partial charge is 0.254 e. The Morgan fingerprint density at radius 3 is 2.68 bits per heavy atom. The van der Waals surface area contributed by atoms with Crippen LogP contribution in [0.3, 0.4) is 0 Å². The van der Waals surface area contributed by atoms with Crippen molar-refractivity contribution in [1.29, 1.82) is 0 Å². The zero-order valence-electron chi connectivity index (χ0n) is 11.1. The number of amides is 1. The average molecular weight is 259 g/mol. The number of hydrazone groups is 1. The van der Waals surface area contributed by atoms with Gasteiger partial charge in [0.05, 0.1) is 12.8 Å². The van der Waals surface area contributed by atoms with Crippen LogP contribution in [0.15, 0.2) is 35.4 Å². The zero-order valence-corrected chi connectivity index (χ0v) is 11.1. The summed E-state index contributed by atoms with van der Waals surface area (Å²) in [5.41, 5.74) is 3.51. The van der Waals surface area contributed by atoms with E-state index in [9.17, 15) is 4.79 Å². The molecule has 4 heteroatoms. The molecule has 1 aliphatic carbocycles. The fraction of sp³-hybridized carbons (Fsp3) is 0.467. The van der Waals surface area contributed by atoms with Crippen LogP contribution < -0.4 is 10.7 Å². The molecule has 2 rings (SSSR count). The molecule has 0 spiro atoms. The number of nitrogens with one attached hydrogen (secondary N) is 2. The van der Waals surface area contributed by atoms with Crippen molar-refractivity contribution in [2.24, 2.45) is 5.10 Å². The van der Waals surface area contributed by atoms with Crippen LogP contribution >= 0.6 is 0 Å². The minimum Gasteiger partial charge on any atom is -0.306 e. The highest BCUT2D eigenvalue weighted by atomic mass is 16.2. The molecule has 1 aromatic rings. The van der Waals surface area contributed by atoms with E-state index in [-0.39, 0.29) is 5.91 Å². The Kier molecular flexibility index (Phi) is 5.56. The fourth-order valence-corrected chi connectivity index (χ4v) is 2.30. The number of carbonyl (C=O) groups is 1. The van der Waals surface area contributed by atoms with Gasteiger partial charge in [0.1, 0.15) is 0 Å². The lowest BCUT2D eigenvalue weighted by Crippen LogP contribution is -2.38. The SMILES string of the molecule is O=C(CNC1CCCCC1)N/N=C\c1ccccc1. The van der Waals surface area contributed by atoms with Crippen molar-refractivity contribution in [2.75, 3.05) is 6.54 Å². The summed E-state index contributed by atoms with van der Waals surface area (Å²) in [5, 5.41) is 7.22. The maximum atomic E-state index is 11.6. The first-order valence-corrected chi connectivity index (χ1v) is 6.95. The predicted molar refractivity (Wildman–Crippen MR) is 77.1 cm³/mol. The first-order valence-electron chi connectivity index (χ1n) is 6.95. The summed E-state index contributed by atoms with van der Waals surface area (Å²) in [4.78, 5) is 11.6. The second-order valence-electron chi connectivity index (χ2n) is 4.92. The third-order valence-corrected chi connectivity index (χ3v) is 3.36. The number of rotatable bonds is 5. The molecule has 0 unspecified atom stereocenters. The van der Waals surface area contributed by atoms with E-state index in [0.29, 0.717) is 12.6 Å². The van der Waals surface area contributed by atoms with Crippen LogP contribution in [0.25, 0.3) is 0 Å². The molecule has 1 fully saturated rings. The molecule has 0 heterocycles. The molecule has 1 saturated carbocycles. The second kappa shape index (κ2) is 7.69. The van der Waals surface area contributed by atoms with Crippen LogP contribution in [0, 0.1) is 0 Å². The van der Waals surface area contributed by atoms with Gasteiger partial charge in [-0.1, -0.05) is 49.6 Å². The molecule has 2 N–H and O–H groups in total. The van der Waals surface area contributed by atoms with Gasteiger partial charge >= 0.3 is 0 Å². The van der Waals surface area contributed by atoms with Gasteiger partial charge in [-0.2, -0.15) is 5.10 Å². The first kappa shape index (κ1) is 13.7. The van der Waals surface area contributed by atoms with Crippen LogP contribution in [0.4, 0.5) is 0 Å². The maximum Gasteiger partial charge on any atom is 0.254 e. The van der Waals surface area contributed by atoms with E-state index in [4.69, 9.17) is 0 Å². The van der Waals surface area contributed by atoms with Crippen molar-refractivity contribution in [1.82, 2.24) is 10.7 Å². The number of benzene rings is 1.